The molecular formula is C26H20F6S. The van der Waals surface area contributed by atoms with Crippen LogP contribution >= 0.6 is 11.8 Å². The van der Waals surface area contributed by atoms with Gasteiger partial charge < -0.3 is 0 Å². The van der Waals surface area contributed by atoms with Crippen LogP contribution in [0.25, 0.3) is 0 Å². The first-order valence-electron chi connectivity index (χ1n) is 10.6. The summed E-state index contributed by atoms with van der Waals surface area (Å²) in [4.78, 5) is 0.368. The molecule has 0 amide bonds. The van der Waals surface area contributed by atoms with Crippen molar-refractivity contribution in [3.63, 3.8) is 0 Å². The van der Waals surface area contributed by atoms with E-state index in [1.807, 2.05) is 0 Å². The second-order valence-electron chi connectivity index (χ2n) is 8.56. The summed E-state index contributed by atoms with van der Waals surface area (Å²) < 4.78 is 82.9. The second-order valence-corrected chi connectivity index (χ2v) is 9.64. The van der Waals surface area contributed by atoms with E-state index in [0.29, 0.717) is 11.1 Å². The van der Waals surface area contributed by atoms with Crippen molar-refractivity contribution in [1.29, 1.82) is 0 Å². The first-order chi connectivity index (χ1) is 15.4. The molecule has 172 valence electrons. The largest absolute Gasteiger partial charge is 0.417 e. The number of alkyl halides is 6. The molecule has 0 nitrogen and oxygen atoms in total. The molecule has 0 aromatic heterocycles. The Balaban J connectivity index is 1.89. The zero-order valence-corrected chi connectivity index (χ0v) is 18.8. The van der Waals surface area contributed by atoms with Gasteiger partial charge in [-0.25, -0.2) is 0 Å². The van der Waals surface area contributed by atoms with E-state index >= 15 is 0 Å². The van der Waals surface area contributed by atoms with Gasteiger partial charge in [0.25, 0.3) is 0 Å². The van der Waals surface area contributed by atoms with Crippen molar-refractivity contribution < 1.29 is 26.3 Å². The Hall–Kier alpha value is -2.51. The lowest BCUT2D eigenvalue weighted by atomic mass is 10.0. The van der Waals surface area contributed by atoms with Crippen LogP contribution in [0.2, 0.25) is 0 Å². The Morgan fingerprint density at radius 1 is 0.667 bits per heavy atom. The number of aryl methyl sites for hydroxylation is 2. The molecule has 2 saturated carbocycles. The summed E-state index contributed by atoms with van der Waals surface area (Å²) in [6.45, 7) is 3.06. The Labute approximate surface area is 193 Å². The van der Waals surface area contributed by atoms with Gasteiger partial charge >= 0.3 is 12.4 Å². The fraction of sp³-hybridized carbons (Fsp3) is 0.385. The molecule has 2 aromatic carbocycles. The average Bonchev–Trinajstić information content (AvgIpc) is 3.59. The van der Waals surface area contributed by atoms with Crippen LogP contribution in [0.3, 0.4) is 0 Å². The van der Waals surface area contributed by atoms with Crippen LogP contribution in [-0.2, 0) is 12.4 Å². The molecule has 0 atom stereocenters. The van der Waals surface area contributed by atoms with E-state index in [4.69, 9.17) is 0 Å². The molecule has 4 rings (SSSR count). The molecule has 33 heavy (non-hydrogen) atoms. The fourth-order valence-corrected chi connectivity index (χ4v) is 4.55. The number of rotatable bonds is 2. The predicted octanol–water partition coefficient (Wildman–Crippen LogP) is 8.02. The molecule has 2 aromatic rings. The summed E-state index contributed by atoms with van der Waals surface area (Å²) >= 11 is 0.869. The van der Waals surface area contributed by atoms with E-state index in [1.165, 1.54) is 13.8 Å². The Morgan fingerprint density at radius 3 is 1.33 bits per heavy atom. The minimum Gasteiger partial charge on any atom is -0.166 e. The van der Waals surface area contributed by atoms with Crippen LogP contribution in [0.5, 0.6) is 0 Å². The molecule has 7 heteroatoms. The lowest BCUT2D eigenvalue weighted by Gasteiger charge is -2.17. The van der Waals surface area contributed by atoms with Gasteiger partial charge in [0.1, 0.15) is 0 Å². The molecule has 0 radical (unpaired) electrons. The maximum Gasteiger partial charge on any atom is 0.417 e. The Morgan fingerprint density at radius 2 is 1.03 bits per heavy atom. The SMILES string of the molecule is Cc1cc(Sc2cc(C)cc(C(F)(F)F)c2C#CC2CC2)c(C#CC2CC2)c(C(F)(F)F)c1. The van der Waals surface area contributed by atoms with Gasteiger partial charge in [-0.15, -0.1) is 0 Å². The molecule has 0 aliphatic heterocycles. The third kappa shape index (κ3) is 5.89. The van der Waals surface area contributed by atoms with Gasteiger partial charge in [-0.2, -0.15) is 26.3 Å². The maximum atomic E-state index is 13.8. The number of hydrogen-bond donors (Lipinski definition) is 0. The van der Waals surface area contributed by atoms with Gasteiger partial charge in [0, 0.05) is 21.6 Å². The number of halogens is 6. The van der Waals surface area contributed by atoms with Crippen molar-refractivity contribution in [2.45, 2.75) is 61.7 Å². The van der Waals surface area contributed by atoms with Crippen molar-refractivity contribution in [2.24, 2.45) is 11.8 Å². The third-order valence-corrected chi connectivity index (χ3v) is 6.36. The van der Waals surface area contributed by atoms with Gasteiger partial charge in [-0.3, -0.25) is 0 Å². The predicted molar refractivity (Wildman–Crippen MR) is 116 cm³/mol. The van der Waals surface area contributed by atoms with Gasteiger partial charge in [0.05, 0.1) is 22.3 Å². The van der Waals surface area contributed by atoms with Crippen molar-refractivity contribution in [3.8, 4) is 23.7 Å². The standard InChI is InChI=1S/C26H20F6S/c1-15-11-21(25(27,28)29)19(9-7-17-3-4-17)23(13-15)33-24-14-16(2)12-22(26(30,31)32)20(24)10-8-18-5-6-18/h11-14,17-18H,3-6H2,1-2H3. The molecule has 0 unspecified atom stereocenters. The summed E-state index contributed by atoms with van der Waals surface area (Å²) in [5.74, 6) is 11.3. The molecule has 0 saturated heterocycles. The molecule has 0 bridgehead atoms. The van der Waals surface area contributed by atoms with Gasteiger partial charge in [-0.05, 0) is 74.9 Å². The third-order valence-electron chi connectivity index (χ3n) is 5.28. The highest BCUT2D eigenvalue weighted by Crippen LogP contribution is 2.43. The van der Waals surface area contributed by atoms with E-state index in [-0.39, 0.29) is 32.8 Å². The van der Waals surface area contributed by atoms with Crippen LogP contribution in [0.15, 0.2) is 34.1 Å². The van der Waals surface area contributed by atoms with Gasteiger partial charge in [0.15, 0.2) is 0 Å². The topological polar surface area (TPSA) is 0 Å². The molecule has 0 N–H and O–H groups in total. The molecular weight excluding hydrogens is 458 g/mol. The molecule has 2 aliphatic carbocycles. The normalized spacial score (nSPS) is 16.0. The minimum atomic E-state index is -4.63. The first-order valence-corrected chi connectivity index (χ1v) is 11.4. The first kappa shape index (κ1) is 23.6. The number of hydrogen-bond acceptors (Lipinski definition) is 1. The molecule has 0 spiro atoms. The zero-order valence-electron chi connectivity index (χ0n) is 18.0. The zero-order chi connectivity index (χ0) is 24.0. The lowest BCUT2D eigenvalue weighted by molar-refractivity contribution is -0.138. The van der Waals surface area contributed by atoms with Crippen molar-refractivity contribution in [2.75, 3.05) is 0 Å². The second kappa shape index (κ2) is 8.69. The minimum absolute atomic E-state index is 0.0704. The van der Waals surface area contributed by atoms with Gasteiger partial charge in [-0.1, -0.05) is 35.4 Å². The highest BCUT2D eigenvalue weighted by atomic mass is 32.2. The van der Waals surface area contributed by atoms with Crippen LogP contribution in [0.1, 0.15) is 59.1 Å². The summed E-state index contributed by atoms with van der Waals surface area (Å²) in [6.07, 6.45) is -5.89. The monoisotopic (exact) mass is 478 g/mol. The molecule has 2 aliphatic rings. The smallest absolute Gasteiger partial charge is 0.166 e. The highest BCUT2D eigenvalue weighted by molar-refractivity contribution is 7.99. The van der Waals surface area contributed by atoms with E-state index in [0.717, 1.165) is 49.6 Å². The number of benzene rings is 2. The van der Waals surface area contributed by atoms with Crippen LogP contribution < -0.4 is 0 Å². The summed E-state index contributed by atoms with van der Waals surface area (Å²) in [6, 6.07) is 5.16. The van der Waals surface area contributed by atoms with Crippen molar-refractivity contribution in [3.05, 3.63) is 57.6 Å². The van der Waals surface area contributed by atoms with Crippen LogP contribution in [0, 0.1) is 49.4 Å². The van der Waals surface area contributed by atoms with Gasteiger partial charge in [0.2, 0.25) is 0 Å². The summed E-state index contributed by atoms with van der Waals surface area (Å²) in [5.41, 5.74) is -1.41. The summed E-state index contributed by atoms with van der Waals surface area (Å²) in [7, 11) is 0. The van der Waals surface area contributed by atoms with E-state index < -0.39 is 23.5 Å². The van der Waals surface area contributed by atoms with Crippen LogP contribution in [0.4, 0.5) is 26.3 Å². The Kier molecular flexibility index (Phi) is 6.22. The van der Waals surface area contributed by atoms with E-state index in [1.54, 1.807) is 12.1 Å². The quantitative estimate of drug-likeness (QED) is 0.311. The highest BCUT2D eigenvalue weighted by Gasteiger charge is 2.37. The molecule has 0 heterocycles. The van der Waals surface area contributed by atoms with Crippen molar-refractivity contribution >= 4 is 11.8 Å². The van der Waals surface area contributed by atoms with E-state index in [9.17, 15) is 26.3 Å². The summed E-state index contributed by atoms with van der Waals surface area (Å²) in [5, 5.41) is 0. The molecule has 2 fully saturated rings. The Bertz CT molecular complexity index is 1110. The maximum absolute atomic E-state index is 13.8. The lowest BCUT2D eigenvalue weighted by Crippen LogP contribution is -2.10. The van der Waals surface area contributed by atoms with Crippen LogP contribution in [-0.4, -0.2) is 0 Å². The van der Waals surface area contributed by atoms with E-state index in [2.05, 4.69) is 23.7 Å². The fourth-order valence-electron chi connectivity index (χ4n) is 3.29. The van der Waals surface area contributed by atoms with Crippen molar-refractivity contribution in [1.82, 2.24) is 0 Å². The average molecular weight is 479 g/mol.